The van der Waals surface area contributed by atoms with E-state index in [1.807, 2.05) is 31.2 Å². The Morgan fingerprint density at radius 3 is 2.95 bits per heavy atom. The van der Waals surface area contributed by atoms with Crippen molar-refractivity contribution in [1.29, 1.82) is 0 Å². The molecule has 1 aromatic carbocycles. The second-order valence-electron chi connectivity index (χ2n) is 4.19. The molecule has 6 heteroatoms. The molecule has 0 amide bonds. The van der Waals surface area contributed by atoms with Crippen LogP contribution in [0.3, 0.4) is 0 Å². The average molecular weight is 262 g/mol. The van der Waals surface area contributed by atoms with Gasteiger partial charge in [0.15, 0.2) is 0 Å². The molecule has 0 aliphatic heterocycles. The molecular formula is C13H18N4O2. The van der Waals surface area contributed by atoms with Crippen LogP contribution in [0.5, 0.6) is 5.75 Å². The third kappa shape index (κ3) is 3.69. The lowest BCUT2D eigenvalue weighted by Gasteiger charge is -2.13. The number of benzene rings is 1. The Kier molecular flexibility index (Phi) is 4.35. The van der Waals surface area contributed by atoms with E-state index in [1.165, 1.54) is 0 Å². The third-order valence-corrected chi connectivity index (χ3v) is 2.64. The van der Waals surface area contributed by atoms with Crippen molar-refractivity contribution in [3.05, 3.63) is 30.2 Å². The fourth-order valence-corrected chi connectivity index (χ4v) is 1.47. The predicted octanol–water partition coefficient (Wildman–Crippen LogP) is 2.45. The number of nitrogens with two attached hydrogens (primary N) is 1. The number of ether oxygens (including phenoxy) is 1. The largest absolute Gasteiger partial charge is 0.491 e. The van der Waals surface area contributed by atoms with Crippen LogP contribution in [0.25, 0.3) is 0 Å². The Bertz CT molecular complexity index is 527. The molecule has 19 heavy (non-hydrogen) atoms. The number of aromatic nitrogens is 2. The molecule has 0 aliphatic rings. The van der Waals surface area contributed by atoms with Crippen LogP contribution < -0.4 is 15.8 Å². The number of rotatable bonds is 6. The van der Waals surface area contributed by atoms with E-state index in [2.05, 4.69) is 22.4 Å². The maximum Gasteiger partial charge on any atom is 0.320 e. The molecule has 1 heterocycles. The van der Waals surface area contributed by atoms with E-state index in [4.69, 9.17) is 14.9 Å². The minimum absolute atomic E-state index is 0.183. The maximum atomic E-state index is 5.74. The van der Waals surface area contributed by atoms with Crippen LogP contribution in [-0.2, 0) is 6.54 Å². The lowest BCUT2D eigenvalue weighted by Crippen LogP contribution is -2.09. The Hall–Kier alpha value is -2.08. The summed E-state index contributed by atoms with van der Waals surface area (Å²) in [6.07, 6.45) is 1.14. The summed E-state index contributed by atoms with van der Waals surface area (Å²) >= 11 is 0. The summed E-state index contributed by atoms with van der Waals surface area (Å²) < 4.78 is 11.0. The first-order valence-electron chi connectivity index (χ1n) is 6.27. The first kappa shape index (κ1) is 13.4. The van der Waals surface area contributed by atoms with Gasteiger partial charge in [-0.05, 0) is 25.5 Å². The Balaban J connectivity index is 2.06. The van der Waals surface area contributed by atoms with E-state index in [0.717, 1.165) is 17.9 Å². The van der Waals surface area contributed by atoms with Gasteiger partial charge in [-0.2, -0.15) is 0 Å². The molecule has 0 saturated heterocycles. The summed E-state index contributed by atoms with van der Waals surface area (Å²) in [7, 11) is 0. The van der Waals surface area contributed by atoms with E-state index in [9.17, 15) is 0 Å². The molecule has 1 aromatic heterocycles. The molecular weight excluding hydrogens is 244 g/mol. The van der Waals surface area contributed by atoms with Crippen LogP contribution in [-0.4, -0.2) is 16.3 Å². The molecule has 3 N–H and O–H groups in total. The molecule has 2 aromatic rings. The molecule has 1 atom stereocenters. The third-order valence-electron chi connectivity index (χ3n) is 2.64. The van der Waals surface area contributed by atoms with Gasteiger partial charge in [0.05, 0.1) is 12.6 Å². The van der Waals surface area contributed by atoms with Crippen LogP contribution in [0.4, 0.5) is 11.7 Å². The van der Waals surface area contributed by atoms with E-state index >= 15 is 0 Å². The lowest BCUT2D eigenvalue weighted by molar-refractivity contribution is 0.217. The number of hydrogen-bond donors (Lipinski definition) is 2. The zero-order valence-corrected chi connectivity index (χ0v) is 11.1. The van der Waals surface area contributed by atoms with Gasteiger partial charge in [-0.25, -0.2) is 0 Å². The fourth-order valence-electron chi connectivity index (χ4n) is 1.47. The minimum Gasteiger partial charge on any atom is -0.491 e. The van der Waals surface area contributed by atoms with E-state index in [0.29, 0.717) is 11.9 Å². The zero-order valence-electron chi connectivity index (χ0n) is 11.1. The molecule has 2 rings (SSSR count). The van der Waals surface area contributed by atoms with Gasteiger partial charge in [0.25, 0.3) is 0 Å². The first-order valence-corrected chi connectivity index (χ1v) is 6.27. The standard InChI is InChI=1S/C13H18N4O2/c1-3-9(2)18-11-6-4-5-10(7-11)15-13-17-16-12(8-14)19-13/h4-7,9H,3,8,14H2,1-2H3,(H,15,17). The second kappa shape index (κ2) is 6.19. The van der Waals surface area contributed by atoms with Crippen molar-refractivity contribution >= 4 is 11.7 Å². The number of nitrogens with zero attached hydrogens (tertiary/aromatic N) is 2. The molecule has 102 valence electrons. The van der Waals surface area contributed by atoms with Crippen LogP contribution >= 0.6 is 0 Å². The zero-order chi connectivity index (χ0) is 13.7. The highest BCUT2D eigenvalue weighted by Crippen LogP contribution is 2.22. The molecule has 1 unspecified atom stereocenters. The van der Waals surface area contributed by atoms with Gasteiger partial charge in [-0.1, -0.05) is 18.1 Å². The van der Waals surface area contributed by atoms with Crippen molar-refractivity contribution in [2.24, 2.45) is 5.73 Å². The van der Waals surface area contributed by atoms with Crippen LogP contribution in [0.15, 0.2) is 28.7 Å². The average Bonchev–Trinajstić information content (AvgIpc) is 2.86. The number of anilines is 2. The molecule has 6 nitrogen and oxygen atoms in total. The summed E-state index contributed by atoms with van der Waals surface area (Å²) in [5.74, 6) is 1.20. The van der Waals surface area contributed by atoms with Gasteiger partial charge in [0, 0.05) is 11.8 Å². The first-order chi connectivity index (χ1) is 9.21. The molecule has 0 spiro atoms. The minimum atomic E-state index is 0.183. The summed E-state index contributed by atoms with van der Waals surface area (Å²) in [4.78, 5) is 0. The predicted molar refractivity (Wildman–Crippen MR) is 72.3 cm³/mol. The molecule has 0 aliphatic carbocycles. The lowest BCUT2D eigenvalue weighted by atomic mass is 10.3. The summed E-state index contributed by atoms with van der Waals surface area (Å²) in [5.41, 5.74) is 6.23. The second-order valence-corrected chi connectivity index (χ2v) is 4.19. The smallest absolute Gasteiger partial charge is 0.320 e. The highest BCUT2D eigenvalue weighted by atomic mass is 16.5. The summed E-state index contributed by atoms with van der Waals surface area (Å²) in [6, 6.07) is 7.92. The van der Waals surface area contributed by atoms with Crippen molar-refractivity contribution in [3.8, 4) is 5.75 Å². The summed E-state index contributed by atoms with van der Waals surface area (Å²) in [5, 5.41) is 10.6. The van der Waals surface area contributed by atoms with Crippen LogP contribution in [0.1, 0.15) is 26.2 Å². The Labute approximate surface area is 112 Å². The highest BCUT2D eigenvalue weighted by molar-refractivity contribution is 5.54. The summed E-state index contributed by atoms with van der Waals surface area (Å²) in [6.45, 7) is 4.34. The highest BCUT2D eigenvalue weighted by Gasteiger charge is 2.06. The van der Waals surface area contributed by atoms with Crippen molar-refractivity contribution in [2.45, 2.75) is 32.9 Å². The molecule has 0 bridgehead atoms. The van der Waals surface area contributed by atoms with Gasteiger partial charge in [-0.3, -0.25) is 0 Å². The van der Waals surface area contributed by atoms with Gasteiger partial charge in [0.1, 0.15) is 5.75 Å². The van der Waals surface area contributed by atoms with Crippen LogP contribution in [0, 0.1) is 0 Å². The van der Waals surface area contributed by atoms with E-state index in [1.54, 1.807) is 0 Å². The van der Waals surface area contributed by atoms with Crippen LogP contribution in [0.2, 0.25) is 0 Å². The monoisotopic (exact) mass is 262 g/mol. The van der Waals surface area contributed by atoms with Crippen molar-refractivity contribution < 1.29 is 9.15 Å². The maximum absolute atomic E-state index is 5.74. The van der Waals surface area contributed by atoms with Gasteiger partial charge < -0.3 is 20.2 Å². The number of hydrogen-bond acceptors (Lipinski definition) is 6. The Morgan fingerprint density at radius 1 is 1.42 bits per heavy atom. The fraction of sp³-hybridized carbons (Fsp3) is 0.385. The van der Waals surface area contributed by atoms with Crippen molar-refractivity contribution in [1.82, 2.24) is 10.2 Å². The SMILES string of the molecule is CCC(C)Oc1cccc(Nc2nnc(CN)o2)c1. The van der Waals surface area contributed by atoms with Gasteiger partial charge in [0.2, 0.25) is 5.89 Å². The quantitative estimate of drug-likeness (QED) is 0.831. The normalized spacial score (nSPS) is 12.2. The van der Waals surface area contributed by atoms with Gasteiger partial charge >= 0.3 is 6.01 Å². The Morgan fingerprint density at radius 2 is 2.26 bits per heavy atom. The van der Waals surface area contributed by atoms with Crippen molar-refractivity contribution in [3.63, 3.8) is 0 Å². The number of nitrogens with one attached hydrogen (secondary N) is 1. The van der Waals surface area contributed by atoms with Gasteiger partial charge in [-0.15, -0.1) is 5.10 Å². The molecule has 0 radical (unpaired) electrons. The van der Waals surface area contributed by atoms with Crippen molar-refractivity contribution in [2.75, 3.05) is 5.32 Å². The topological polar surface area (TPSA) is 86.2 Å². The van der Waals surface area contributed by atoms with E-state index in [-0.39, 0.29) is 12.6 Å². The molecule has 0 fully saturated rings. The van der Waals surface area contributed by atoms with E-state index < -0.39 is 0 Å². The molecule has 0 saturated carbocycles.